The highest BCUT2D eigenvalue weighted by Crippen LogP contribution is 2.40. The normalized spacial score (nSPS) is 14.2. The highest BCUT2D eigenvalue weighted by Gasteiger charge is 2.36. The number of aromatic nitrogens is 3. The first-order valence-corrected chi connectivity index (χ1v) is 15.8. The van der Waals surface area contributed by atoms with Crippen LogP contribution in [0.2, 0.25) is 10.0 Å². The number of fused-ring (bicyclic) bond motifs is 1. The number of nitrogens with one attached hydrogen (secondary N) is 1. The minimum absolute atomic E-state index is 0.0921. The third-order valence-electron chi connectivity index (χ3n) is 6.82. The van der Waals surface area contributed by atoms with Crippen LogP contribution in [0.1, 0.15) is 49.9 Å². The number of esters is 1. The van der Waals surface area contributed by atoms with Crippen LogP contribution in [0.5, 0.6) is 11.5 Å². The molecule has 1 aliphatic rings. The lowest BCUT2D eigenvalue weighted by molar-refractivity contribution is -0.139. The molecule has 12 heteroatoms. The van der Waals surface area contributed by atoms with Crippen LogP contribution in [0.4, 0.5) is 10.3 Å². The smallest absolute Gasteiger partial charge is 0.338 e. The molecule has 5 rings (SSSR count). The van der Waals surface area contributed by atoms with Crippen molar-refractivity contribution in [2.45, 2.75) is 50.8 Å². The van der Waals surface area contributed by atoms with E-state index in [1.54, 1.807) is 28.9 Å². The molecule has 0 saturated carbocycles. The largest absolute Gasteiger partial charge is 0.490 e. The summed E-state index contributed by atoms with van der Waals surface area (Å²) >= 11 is 14.0. The molecular formula is C32H31Cl2FN4O4S. The Hall–Kier alpha value is -3.73. The van der Waals surface area contributed by atoms with Gasteiger partial charge in [-0.3, -0.25) is 0 Å². The molecule has 1 aromatic heterocycles. The summed E-state index contributed by atoms with van der Waals surface area (Å²) in [6, 6.07) is 16.8. The number of anilines is 1. The average Bonchev–Trinajstić information content (AvgIpc) is 3.41. The van der Waals surface area contributed by atoms with Gasteiger partial charge in [0.2, 0.25) is 11.1 Å². The van der Waals surface area contributed by atoms with Crippen LogP contribution >= 0.6 is 35.0 Å². The van der Waals surface area contributed by atoms with Crippen LogP contribution in [-0.2, 0) is 21.9 Å². The Bertz CT molecular complexity index is 1680. The van der Waals surface area contributed by atoms with Gasteiger partial charge in [-0.1, -0.05) is 72.2 Å². The first kappa shape index (κ1) is 31.7. The van der Waals surface area contributed by atoms with E-state index < -0.39 is 17.8 Å². The van der Waals surface area contributed by atoms with E-state index >= 15 is 0 Å². The van der Waals surface area contributed by atoms with Gasteiger partial charge in [-0.25, -0.2) is 13.9 Å². The van der Waals surface area contributed by atoms with Gasteiger partial charge < -0.3 is 19.5 Å². The highest BCUT2D eigenvalue weighted by molar-refractivity contribution is 7.98. The molecule has 8 nitrogen and oxygen atoms in total. The van der Waals surface area contributed by atoms with Gasteiger partial charge >= 0.3 is 5.97 Å². The van der Waals surface area contributed by atoms with E-state index in [9.17, 15) is 9.18 Å². The van der Waals surface area contributed by atoms with Crippen molar-refractivity contribution in [1.82, 2.24) is 14.8 Å². The van der Waals surface area contributed by atoms with Crippen molar-refractivity contribution < 1.29 is 23.4 Å². The molecule has 1 unspecified atom stereocenters. The van der Waals surface area contributed by atoms with Crippen molar-refractivity contribution in [3.8, 4) is 11.5 Å². The van der Waals surface area contributed by atoms with Crippen LogP contribution in [0.25, 0.3) is 0 Å². The van der Waals surface area contributed by atoms with Crippen molar-refractivity contribution in [2.75, 3.05) is 18.5 Å². The van der Waals surface area contributed by atoms with Crippen LogP contribution < -0.4 is 14.8 Å². The monoisotopic (exact) mass is 656 g/mol. The van der Waals surface area contributed by atoms with E-state index in [0.29, 0.717) is 63.2 Å². The fourth-order valence-electron chi connectivity index (χ4n) is 4.70. The summed E-state index contributed by atoms with van der Waals surface area (Å²) in [5.74, 6) is 0.950. The quantitative estimate of drug-likeness (QED) is 0.120. The fourth-order valence-corrected chi connectivity index (χ4v) is 6.03. The topological polar surface area (TPSA) is 87.5 Å². The summed E-state index contributed by atoms with van der Waals surface area (Å²) < 4.78 is 33.6. The zero-order chi connectivity index (χ0) is 31.2. The van der Waals surface area contributed by atoms with E-state index in [-0.39, 0.29) is 23.8 Å². The second kappa shape index (κ2) is 14.4. The molecule has 1 N–H and O–H groups in total. The number of halogens is 3. The zero-order valence-corrected chi connectivity index (χ0v) is 26.7. The summed E-state index contributed by atoms with van der Waals surface area (Å²) in [5.41, 5.74) is 2.90. The second-order valence-corrected chi connectivity index (χ2v) is 11.6. The molecule has 1 aliphatic heterocycles. The molecule has 0 saturated heterocycles. The Morgan fingerprint density at radius 1 is 1.05 bits per heavy atom. The number of hydrogen-bond donors (Lipinski definition) is 1. The standard InChI is InChI=1S/C32H31Cl2FN4O4S/c1-4-15-42-30(40)28-19(3)36-31-37-32(44-18-21-9-6-7-10-23(21)33)38-39(31)29(28)20-13-14-26(27(16-20)41-5-2)43-17-22-24(34)11-8-12-25(22)35/h6-14,16,29H,4-5,15,17-18H2,1-3H3,(H,36,37,38). The molecule has 2 heterocycles. The molecule has 0 amide bonds. The lowest BCUT2D eigenvalue weighted by Gasteiger charge is -2.28. The Kier molecular flexibility index (Phi) is 10.3. The van der Waals surface area contributed by atoms with Gasteiger partial charge in [0.25, 0.3) is 0 Å². The molecule has 0 radical (unpaired) electrons. The highest BCUT2D eigenvalue weighted by atomic mass is 35.5. The summed E-state index contributed by atoms with van der Waals surface area (Å²) in [4.78, 5) is 18.1. The van der Waals surface area contributed by atoms with Crippen molar-refractivity contribution >= 4 is 46.9 Å². The van der Waals surface area contributed by atoms with Gasteiger partial charge in [-0.15, -0.1) is 5.10 Å². The van der Waals surface area contributed by atoms with Gasteiger partial charge in [-0.2, -0.15) is 4.98 Å². The maximum Gasteiger partial charge on any atom is 0.338 e. The SMILES string of the molecule is CCCOC(=O)C1=C(C)Nc2nc(SCc3ccccc3Cl)nn2C1c1ccc(OCc2c(F)cccc2Cl)c(OCC)c1. The third-order valence-corrected chi connectivity index (χ3v) is 8.43. The first-order valence-electron chi connectivity index (χ1n) is 14.1. The molecule has 230 valence electrons. The zero-order valence-electron chi connectivity index (χ0n) is 24.4. The molecule has 3 aromatic carbocycles. The number of ether oxygens (including phenoxy) is 3. The van der Waals surface area contributed by atoms with Crippen molar-refractivity contribution in [1.29, 1.82) is 0 Å². The maximum absolute atomic E-state index is 14.4. The number of carbonyl (C=O) groups excluding carboxylic acids is 1. The number of hydrogen-bond acceptors (Lipinski definition) is 8. The van der Waals surface area contributed by atoms with Crippen LogP contribution in [-0.4, -0.2) is 33.9 Å². The Morgan fingerprint density at radius 2 is 1.84 bits per heavy atom. The lowest BCUT2D eigenvalue weighted by Crippen LogP contribution is -2.29. The third kappa shape index (κ3) is 6.98. The molecule has 0 spiro atoms. The molecule has 1 atom stereocenters. The van der Waals surface area contributed by atoms with Gasteiger partial charge in [0.15, 0.2) is 11.5 Å². The van der Waals surface area contributed by atoms with E-state index in [1.165, 1.54) is 17.8 Å². The van der Waals surface area contributed by atoms with Crippen LogP contribution in [0.15, 0.2) is 77.1 Å². The molecule has 0 fully saturated rings. The minimum atomic E-state index is -0.674. The summed E-state index contributed by atoms with van der Waals surface area (Å²) in [7, 11) is 0. The molecule has 0 bridgehead atoms. The van der Waals surface area contributed by atoms with E-state index in [1.807, 2.05) is 51.1 Å². The van der Waals surface area contributed by atoms with Crippen molar-refractivity contribution in [3.05, 3.63) is 104 Å². The molecule has 44 heavy (non-hydrogen) atoms. The van der Waals surface area contributed by atoms with Gasteiger partial charge in [-0.05, 0) is 61.7 Å². The molecule has 4 aromatic rings. The Balaban J connectivity index is 1.50. The number of nitrogens with zero attached hydrogens (tertiary/aromatic N) is 3. The van der Waals surface area contributed by atoms with E-state index in [0.717, 1.165) is 5.56 Å². The Labute approximate surface area is 269 Å². The summed E-state index contributed by atoms with van der Waals surface area (Å²) in [6.45, 7) is 6.13. The van der Waals surface area contributed by atoms with Crippen molar-refractivity contribution in [3.63, 3.8) is 0 Å². The average molecular weight is 658 g/mol. The van der Waals surface area contributed by atoms with E-state index in [4.69, 9.17) is 47.5 Å². The lowest BCUT2D eigenvalue weighted by atomic mass is 9.95. The van der Waals surface area contributed by atoms with E-state index in [2.05, 4.69) is 5.32 Å². The molecular weight excluding hydrogens is 626 g/mol. The fraction of sp³-hybridized carbons (Fsp3) is 0.281. The first-order chi connectivity index (χ1) is 21.3. The van der Waals surface area contributed by atoms with Crippen molar-refractivity contribution in [2.24, 2.45) is 0 Å². The number of carbonyl (C=O) groups is 1. The predicted octanol–water partition coefficient (Wildman–Crippen LogP) is 8.24. The van der Waals surface area contributed by atoms with Crippen LogP contribution in [0, 0.1) is 5.82 Å². The number of thioether (sulfide) groups is 1. The summed E-state index contributed by atoms with van der Waals surface area (Å²) in [6.07, 6.45) is 0.681. The molecule has 0 aliphatic carbocycles. The maximum atomic E-state index is 14.4. The number of allylic oxidation sites excluding steroid dienone is 1. The Morgan fingerprint density at radius 3 is 2.59 bits per heavy atom. The van der Waals surface area contributed by atoms with Gasteiger partial charge in [0, 0.05) is 22.0 Å². The predicted molar refractivity (Wildman–Crippen MR) is 170 cm³/mol. The van der Waals surface area contributed by atoms with Crippen LogP contribution in [0.3, 0.4) is 0 Å². The summed E-state index contributed by atoms with van der Waals surface area (Å²) in [5, 5.41) is 9.46. The number of benzene rings is 3. The minimum Gasteiger partial charge on any atom is -0.490 e. The van der Waals surface area contributed by atoms with Gasteiger partial charge in [0.1, 0.15) is 18.5 Å². The number of rotatable bonds is 12. The second-order valence-electron chi connectivity index (χ2n) is 9.87. The van der Waals surface area contributed by atoms with Gasteiger partial charge in [0.05, 0.1) is 23.8 Å².